The fraction of sp³-hybridized carbons (Fsp3) is 0.0833. The first-order chi connectivity index (χ1) is 7.16. The van der Waals surface area contributed by atoms with E-state index in [-0.39, 0.29) is 5.82 Å². The van der Waals surface area contributed by atoms with Gasteiger partial charge in [0.1, 0.15) is 5.82 Å². The highest BCUT2D eigenvalue weighted by Crippen LogP contribution is 2.20. The van der Waals surface area contributed by atoms with E-state index in [1.807, 2.05) is 25.1 Å². The van der Waals surface area contributed by atoms with Crippen LogP contribution in [0.5, 0.6) is 0 Å². The van der Waals surface area contributed by atoms with Crippen LogP contribution >= 0.6 is 22.6 Å². The van der Waals surface area contributed by atoms with E-state index in [4.69, 9.17) is 0 Å². The van der Waals surface area contributed by atoms with Crippen LogP contribution in [0.1, 0.15) is 5.69 Å². The lowest BCUT2D eigenvalue weighted by atomic mass is 10.1. The maximum atomic E-state index is 13.0. The van der Waals surface area contributed by atoms with Crippen molar-refractivity contribution in [1.29, 1.82) is 0 Å². The van der Waals surface area contributed by atoms with Gasteiger partial charge in [0.2, 0.25) is 0 Å². The molecule has 15 heavy (non-hydrogen) atoms. The minimum Gasteiger partial charge on any atom is -0.252 e. The van der Waals surface area contributed by atoms with Crippen molar-refractivity contribution in [2.24, 2.45) is 0 Å². The van der Waals surface area contributed by atoms with Crippen LogP contribution in [0.4, 0.5) is 4.39 Å². The first-order valence-corrected chi connectivity index (χ1v) is 5.64. The molecule has 2 aromatic rings. The van der Waals surface area contributed by atoms with Crippen molar-refractivity contribution in [2.75, 3.05) is 0 Å². The largest absolute Gasteiger partial charge is 0.252 e. The van der Waals surface area contributed by atoms with E-state index >= 15 is 0 Å². The predicted molar refractivity (Wildman–Crippen MR) is 67.1 cm³/mol. The summed E-state index contributed by atoms with van der Waals surface area (Å²) in [6.07, 6.45) is 0. The molecule has 1 aromatic heterocycles. The lowest BCUT2D eigenvalue weighted by Crippen LogP contribution is -1.90. The Kier molecular flexibility index (Phi) is 3.00. The number of rotatable bonds is 1. The number of benzene rings is 1. The summed E-state index contributed by atoms with van der Waals surface area (Å²) in [6.45, 7) is 1.95. The maximum Gasteiger partial charge on any atom is 0.123 e. The topological polar surface area (TPSA) is 12.9 Å². The summed E-state index contributed by atoms with van der Waals surface area (Å²) < 4.78 is 14.1. The van der Waals surface area contributed by atoms with Gasteiger partial charge in [-0.3, -0.25) is 4.98 Å². The van der Waals surface area contributed by atoms with Crippen molar-refractivity contribution in [3.8, 4) is 11.3 Å². The van der Waals surface area contributed by atoms with E-state index in [1.165, 1.54) is 12.1 Å². The van der Waals surface area contributed by atoms with E-state index in [9.17, 15) is 4.39 Å². The molecule has 0 aliphatic heterocycles. The Labute approximate surface area is 102 Å². The minimum atomic E-state index is -0.231. The van der Waals surface area contributed by atoms with E-state index in [0.29, 0.717) is 0 Å². The molecule has 0 fully saturated rings. The van der Waals surface area contributed by atoms with E-state index in [0.717, 1.165) is 20.5 Å². The van der Waals surface area contributed by atoms with E-state index in [1.54, 1.807) is 6.07 Å². The summed E-state index contributed by atoms with van der Waals surface area (Å²) in [6, 6.07) is 10.4. The second kappa shape index (κ2) is 4.26. The van der Waals surface area contributed by atoms with Gasteiger partial charge in [0.05, 0.1) is 11.4 Å². The molecule has 2 rings (SSSR count). The molecule has 3 heteroatoms. The van der Waals surface area contributed by atoms with Crippen molar-refractivity contribution < 1.29 is 4.39 Å². The summed E-state index contributed by atoms with van der Waals surface area (Å²) in [5, 5.41) is 0. The molecular weight excluding hydrogens is 304 g/mol. The summed E-state index contributed by atoms with van der Waals surface area (Å²) in [7, 11) is 0. The third-order valence-corrected chi connectivity index (χ3v) is 3.28. The molecule has 1 heterocycles. The van der Waals surface area contributed by atoms with E-state index < -0.39 is 0 Å². The van der Waals surface area contributed by atoms with Crippen molar-refractivity contribution in [3.63, 3.8) is 0 Å². The summed E-state index contributed by atoms with van der Waals surface area (Å²) >= 11 is 2.23. The van der Waals surface area contributed by atoms with Gasteiger partial charge in [-0.2, -0.15) is 0 Å². The van der Waals surface area contributed by atoms with Crippen LogP contribution in [0.25, 0.3) is 11.3 Å². The molecule has 0 N–H and O–H groups in total. The van der Waals surface area contributed by atoms with Crippen LogP contribution in [0.2, 0.25) is 0 Å². The predicted octanol–water partition coefficient (Wildman–Crippen LogP) is 3.80. The Morgan fingerprint density at radius 1 is 1.20 bits per heavy atom. The Morgan fingerprint density at radius 2 is 2.00 bits per heavy atom. The standard InChI is InChI=1S/C12H9FIN/c1-8-11(14)5-6-12(15-8)9-3-2-4-10(13)7-9/h2-7H,1H3. The van der Waals surface area contributed by atoms with Crippen LogP contribution in [0.15, 0.2) is 36.4 Å². The fourth-order valence-electron chi connectivity index (χ4n) is 1.35. The van der Waals surface area contributed by atoms with Crippen molar-refractivity contribution in [1.82, 2.24) is 4.98 Å². The van der Waals surface area contributed by atoms with Gasteiger partial charge in [0.25, 0.3) is 0 Å². The molecule has 0 amide bonds. The van der Waals surface area contributed by atoms with Gasteiger partial charge in [-0.15, -0.1) is 0 Å². The second-order valence-corrected chi connectivity index (χ2v) is 4.44. The zero-order valence-electron chi connectivity index (χ0n) is 8.17. The molecule has 0 radical (unpaired) electrons. The average Bonchev–Trinajstić information content (AvgIpc) is 2.22. The molecule has 0 saturated heterocycles. The van der Waals surface area contributed by atoms with Crippen LogP contribution in [-0.2, 0) is 0 Å². The van der Waals surface area contributed by atoms with E-state index in [2.05, 4.69) is 27.6 Å². The Morgan fingerprint density at radius 3 is 2.67 bits per heavy atom. The van der Waals surface area contributed by atoms with Gasteiger partial charge in [-0.05, 0) is 53.8 Å². The Bertz CT molecular complexity index is 497. The lowest BCUT2D eigenvalue weighted by molar-refractivity contribution is 0.628. The fourth-order valence-corrected chi connectivity index (χ4v) is 1.65. The first kappa shape index (κ1) is 10.5. The molecule has 1 aromatic carbocycles. The number of halogens is 2. The van der Waals surface area contributed by atoms with Crippen LogP contribution < -0.4 is 0 Å². The van der Waals surface area contributed by atoms with Crippen molar-refractivity contribution in [3.05, 3.63) is 51.5 Å². The summed E-state index contributed by atoms with van der Waals surface area (Å²) in [5.74, 6) is -0.231. The molecule has 0 aliphatic carbocycles. The maximum absolute atomic E-state index is 13.0. The molecule has 0 bridgehead atoms. The van der Waals surface area contributed by atoms with Gasteiger partial charge in [0.15, 0.2) is 0 Å². The molecule has 0 saturated carbocycles. The highest BCUT2D eigenvalue weighted by atomic mass is 127. The molecule has 76 valence electrons. The molecule has 0 unspecified atom stereocenters. The second-order valence-electron chi connectivity index (χ2n) is 3.27. The number of aryl methyl sites for hydroxylation is 1. The summed E-state index contributed by atoms with van der Waals surface area (Å²) in [4.78, 5) is 4.41. The van der Waals surface area contributed by atoms with Gasteiger partial charge in [-0.1, -0.05) is 12.1 Å². The number of hydrogen-bond donors (Lipinski definition) is 0. The molecule has 0 spiro atoms. The van der Waals surface area contributed by atoms with Gasteiger partial charge in [-0.25, -0.2) is 4.39 Å². The van der Waals surface area contributed by atoms with Crippen molar-refractivity contribution in [2.45, 2.75) is 6.92 Å². The van der Waals surface area contributed by atoms with Gasteiger partial charge >= 0.3 is 0 Å². The zero-order valence-corrected chi connectivity index (χ0v) is 10.3. The quantitative estimate of drug-likeness (QED) is 0.730. The summed E-state index contributed by atoms with van der Waals surface area (Å²) in [5.41, 5.74) is 2.60. The Hall–Kier alpha value is -0.970. The van der Waals surface area contributed by atoms with Crippen LogP contribution in [0, 0.1) is 16.3 Å². The number of pyridine rings is 1. The van der Waals surface area contributed by atoms with Gasteiger partial charge < -0.3 is 0 Å². The first-order valence-electron chi connectivity index (χ1n) is 4.56. The number of hydrogen-bond acceptors (Lipinski definition) is 1. The molecule has 0 atom stereocenters. The zero-order chi connectivity index (χ0) is 10.8. The monoisotopic (exact) mass is 313 g/mol. The average molecular weight is 313 g/mol. The molecule has 1 nitrogen and oxygen atoms in total. The number of aromatic nitrogens is 1. The third kappa shape index (κ3) is 2.34. The van der Waals surface area contributed by atoms with Crippen LogP contribution in [-0.4, -0.2) is 4.98 Å². The lowest BCUT2D eigenvalue weighted by Gasteiger charge is -2.03. The SMILES string of the molecule is Cc1nc(-c2cccc(F)c2)ccc1I. The molecule has 0 aliphatic rings. The highest BCUT2D eigenvalue weighted by molar-refractivity contribution is 14.1. The van der Waals surface area contributed by atoms with Crippen molar-refractivity contribution >= 4 is 22.6 Å². The third-order valence-electron chi connectivity index (χ3n) is 2.14. The highest BCUT2D eigenvalue weighted by Gasteiger charge is 2.02. The molecular formula is C12H9FIN. The van der Waals surface area contributed by atoms with Crippen LogP contribution in [0.3, 0.4) is 0 Å². The smallest absolute Gasteiger partial charge is 0.123 e. The number of nitrogens with zero attached hydrogens (tertiary/aromatic N) is 1. The normalized spacial score (nSPS) is 10.3. The minimum absolute atomic E-state index is 0.231. The van der Waals surface area contributed by atoms with Gasteiger partial charge in [0, 0.05) is 9.13 Å². The Balaban J connectivity index is 2.50.